The highest BCUT2D eigenvalue weighted by atomic mass is 35.5. The number of halogens is 1. The third-order valence-corrected chi connectivity index (χ3v) is 2.53. The molecule has 1 heterocycles. The van der Waals surface area contributed by atoms with Crippen molar-refractivity contribution in [1.82, 2.24) is 4.92 Å². The zero-order chi connectivity index (χ0) is 11.0. The summed E-state index contributed by atoms with van der Waals surface area (Å²) in [6.07, 6.45) is 1.56. The Morgan fingerprint density at radius 2 is 2.33 bits per heavy atom. The molecule has 0 atom stereocenters. The normalized spacial score (nSPS) is 14.0. The first kappa shape index (κ1) is 10.4. The van der Waals surface area contributed by atoms with Gasteiger partial charge in [0.25, 0.3) is 0 Å². The molecule has 7 heteroatoms. The molecule has 0 aromatic heterocycles. The molecular formula is C8H7BClN3OS. The third kappa shape index (κ3) is 1.83. The first-order valence-electron chi connectivity index (χ1n) is 4.20. The Kier molecular flexibility index (Phi) is 2.64. The Bertz CT molecular complexity index is 454. The average Bonchev–Trinajstić information content (AvgIpc) is 2.17. The molecule has 0 spiro atoms. The number of rotatable bonds is 0. The summed E-state index contributed by atoms with van der Waals surface area (Å²) in [6.45, 7) is 0. The summed E-state index contributed by atoms with van der Waals surface area (Å²) in [5.74, 6) is 0. The number of fused-ring (bicyclic) bond motifs is 1. The molecule has 1 aromatic rings. The van der Waals surface area contributed by atoms with Crippen molar-refractivity contribution in [2.75, 3.05) is 0 Å². The molecule has 2 rings (SSSR count). The van der Waals surface area contributed by atoms with Crippen molar-refractivity contribution in [3.05, 3.63) is 28.8 Å². The molecule has 4 nitrogen and oxygen atoms in total. The van der Waals surface area contributed by atoms with E-state index in [1.165, 1.54) is 4.92 Å². The number of hydrogen-bond donors (Lipinski definition) is 2. The fourth-order valence-electron chi connectivity index (χ4n) is 1.39. The van der Waals surface area contributed by atoms with Crippen LogP contribution < -0.4 is 11.2 Å². The van der Waals surface area contributed by atoms with E-state index < -0.39 is 7.05 Å². The van der Waals surface area contributed by atoms with Crippen molar-refractivity contribution >= 4 is 47.7 Å². The molecule has 0 saturated carbocycles. The topological polar surface area (TPSA) is 61.8 Å². The maximum absolute atomic E-state index is 9.88. The van der Waals surface area contributed by atoms with Crippen LogP contribution in [0.1, 0.15) is 5.56 Å². The first-order chi connectivity index (χ1) is 7.09. The summed E-state index contributed by atoms with van der Waals surface area (Å²) in [4.78, 5) is 1.17. The maximum atomic E-state index is 9.88. The lowest BCUT2D eigenvalue weighted by molar-refractivity contribution is 0.494. The minimum atomic E-state index is -0.945. The van der Waals surface area contributed by atoms with E-state index in [1.54, 1.807) is 24.4 Å². The summed E-state index contributed by atoms with van der Waals surface area (Å²) in [5.41, 5.74) is 6.85. The zero-order valence-electron chi connectivity index (χ0n) is 7.59. The molecule has 1 aliphatic heterocycles. The van der Waals surface area contributed by atoms with E-state index in [2.05, 4.69) is 5.10 Å². The number of nitrogens with zero attached hydrogens (tertiary/aromatic N) is 2. The van der Waals surface area contributed by atoms with Crippen LogP contribution in [-0.4, -0.2) is 28.3 Å². The molecule has 3 N–H and O–H groups in total. The molecule has 0 saturated heterocycles. The van der Waals surface area contributed by atoms with Gasteiger partial charge in [-0.2, -0.15) is 5.10 Å². The molecular weight excluding hydrogens is 232 g/mol. The van der Waals surface area contributed by atoms with Crippen LogP contribution in [0.3, 0.4) is 0 Å². The van der Waals surface area contributed by atoms with Gasteiger partial charge in [-0.1, -0.05) is 17.7 Å². The number of nitrogens with two attached hydrogens (primary N) is 1. The zero-order valence-corrected chi connectivity index (χ0v) is 9.16. The second-order valence-corrected chi connectivity index (χ2v) is 3.93. The van der Waals surface area contributed by atoms with Gasteiger partial charge >= 0.3 is 7.05 Å². The summed E-state index contributed by atoms with van der Waals surface area (Å²) < 4.78 is 0. The van der Waals surface area contributed by atoms with E-state index >= 15 is 0 Å². The number of benzene rings is 1. The predicted molar refractivity (Wildman–Crippen MR) is 65.3 cm³/mol. The van der Waals surface area contributed by atoms with Crippen LogP contribution in [0.2, 0.25) is 5.02 Å². The van der Waals surface area contributed by atoms with E-state index in [0.717, 1.165) is 5.56 Å². The molecule has 76 valence electrons. The third-order valence-electron chi connectivity index (χ3n) is 2.11. The largest absolute Gasteiger partial charge is 0.473 e. The van der Waals surface area contributed by atoms with E-state index in [4.69, 9.17) is 29.6 Å². The van der Waals surface area contributed by atoms with Gasteiger partial charge in [-0.25, -0.2) is 0 Å². The monoisotopic (exact) mass is 239 g/mol. The van der Waals surface area contributed by atoms with Crippen molar-refractivity contribution in [3.8, 4) is 0 Å². The lowest BCUT2D eigenvalue weighted by atomic mass is 9.70. The predicted octanol–water partition coefficient (Wildman–Crippen LogP) is -0.0794. The summed E-state index contributed by atoms with van der Waals surface area (Å²) >= 11 is 10.6. The number of hydrogen-bond acceptors (Lipinski definition) is 3. The van der Waals surface area contributed by atoms with E-state index in [1.807, 2.05) is 0 Å². The van der Waals surface area contributed by atoms with Gasteiger partial charge in [0.2, 0.25) is 0 Å². The van der Waals surface area contributed by atoms with Crippen LogP contribution in [0, 0.1) is 0 Å². The molecule has 1 aromatic carbocycles. The van der Waals surface area contributed by atoms with Crippen molar-refractivity contribution in [2.24, 2.45) is 10.8 Å². The Labute approximate surface area is 97.5 Å². The maximum Gasteiger partial charge on any atom is 0.473 e. The Hall–Kier alpha value is -1.11. The Morgan fingerprint density at radius 3 is 3.00 bits per heavy atom. The highest BCUT2D eigenvalue weighted by Crippen LogP contribution is 2.12. The smallest absolute Gasteiger partial charge is 0.427 e. The highest BCUT2D eigenvalue weighted by molar-refractivity contribution is 7.80. The van der Waals surface area contributed by atoms with E-state index in [0.29, 0.717) is 10.5 Å². The molecule has 0 aliphatic carbocycles. The summed E-state index contributed by atoms with van der Waals surface area (Å²) in [7, 11) is -0.945. The Morgan fingerprint density at radius 1 is 1.60 bits per heavy atom. The quantitative estimate of drug-likeness (QED) is 0.491. The average molecular weight is 239 g/mol. The van der Waals surface area contributed by atoms with Gasteiger partial charge < -0.3 is 10.8 Å². The molecule has 0 radical (unpaired) electrons. The van der Waals surface area contributed by atoms with E-state index in [9.17, 15) is 5.02 Å². The minimum absolute atomic E-state index is 0.0272. The van der Waals surface area contributed by atoms with Gasteiger partial charge in [0.1, 0.15) is 0 Å². The lowest BCUT2D eigenvalue weighted by Crippen LogP contribution is -2.53. The van der Waals surface area contributed by atoms with Gasteiger partial charge in [0, 0.05) is 5.02 Å². The highest BCUT2D eigenvalue weighted by Gasteiger charge is 2.30. The van der Waals surface area contributed by atoms with Gasteiger partial charge in [-0.3, -0.25) is 4.92 Å². The van der Waals surface area contributed by atoms with Crippen molar-refractivity contribution < 1.29 is 5.02 Å². The van der Waals surface area contributed by atoms with Crippen LogP contribution >= 0.6 is 23.8 Å². The summed E-state index contributed by atoms with van der Waals surface area (Å²) in [5, 5.41) is 14.4. The lowest BCUT2D eigenvalue weighted by Gasteiger charge is -2.24. The van der Waals surface area contributed by atoms with Crippen LogP contribution in [0.4, 0.5) is 0 Å². The van der Waals surface area contributed by atoms with E-state index in [-0.39, 0.29) is 5.11 Å². The standard InChI is InChI=1S/C8H7BClN3OS/c10-6-1-2-7-5(3-6)4-12-13(8(11)15)9(7)14/h1-4,14H,(H2,11,15). The molecule has 0 amide bonds. The van der Waals surface area contributed by atoms with Crippen LogP contribution in [0.15, 0.2) is 23.3 Å². The molecule has 0 unspecified atom stereocenters. The SMILES string of the molecule is NC(=S)N1N=Cc2cc(Cl)ccc2B1O. The van der Waals surface area contributed by atoms with Crippen LogP contribution in [0.5, 0.6) is 0 Å². The summed E-state index contributed by atoms with van der Waals surface area (Å²) in [6, 6.07) is 5.14. The van der Waals surface area contributed by atoms with Crippen LogP contribution in [0.25, 0.3) is 0 Å². The molecule has 0 fully saturated rings. The molecule has 15 heavy (non-hydrogen) atoms. The second-order valence-electron chi connectivity index (χ2n) is 3.07. The fraction of sp³-hybridized carbons (Fsp3) is 0. The molecule has 0 bridgehead atoms. The minimum Gasteiger partial charge on any atom is -0.427 e. The van der Waals surface area contributed by atoms with Crippen LogP contribution in [-0.2, 0) is 0 Å². The second kappa shape index (κ2) is 3.81. The number of hydrazone groups is 1. The first-order valence-corrected chi connectivity index (χ1v) is 4.98. The van der Waals surface area contributed by atoms with Crippen molar-refractivity contribution in [2.45, 2.75) is 0 Å². The Balaban J connectivity index is 2.46. The van der Waals surface area contributed by atoms with Gasteiger partial charge in [-0.15, -0.1) is 0 Å². The number of thiocarbonyl (C=S) groups is 1. The molecule has 1 aliphatic rings. The van der Waals surface area contributed by atoms with Gasteiger partial charge in [0.05, 0.1) is 6.21 Å². The van der Waals surface area contributed by atoms with Gasteiger partial charge in [-0.05, 0) is 35.4 Å². The fourth-order valence-corrected chi connectivity index (χ4v) is 1.72. The van der Waals surface area contributed by atoms with Crippen molar-refractivity contribution in [1.29, 1.82) is 0 Å². The van der Waals surface area contributed by atoms with Crippen molar-refractivity contribution in [3.63, 3.8) is 0 Å². The van der Waals surface area contributed by atoms with Gasteiger partial charge in [0.15, 0.2) is 5.11 Å².